The van der Waals surface area contributed by atoms with Gasteiger partial charge < -0.3 is 9.47 Å². The van der Waals surface area contributed by atoms with Gasteiger partial charge in [-0.2, -0.15) is 0 Å². The molecule has 4 rings (SSSR count). The van der Waals surface area contributed by atoms with Crippen molar-refractivity contribution in [3.05, 3.63) is 53.3 Å². The van der Waals surface area contributed by atoms with Crippen molar-refractivity contribution in [3.63, 3.8) is 0 Å². The number of aromatic nitrogens is 6. The van der Waals surface area contributed by atoms with E-state index < -0.39 is 20.9 Å². The first kappa shape index (κ1) is 26.4. The van der Waals surface area contributed by atoms with Gasteiger partial charge in [0.2, 0.25) is 5.95 Å². The second-order valence-corrected chi connectivity index (χ2v) is 11.7. The number of hydrogen-bond donors (Lipinski definition) is 3. The zero-order chi connectivity index (χ0) is 26.7. The first-order chi connectivity index (χ1) is 17.6. The highest BCUT2D eigenvalue weighted by molar-refractivity contribution is 7.95. The largest absolute Gasteiger partial charge is 0.494 e. The second-order valence-electron chi connectivity index (χ2n) is 8.52. The Morgan fingerprint density at radius 2 is 1.73 bits per heavy atom. The van der Waals surface area contributed by atoms with E-state index in [1.165, 1.54) is 11.3 Å². The summed E-state index contributed by atoms with van der Waals surface area (Å²) in [5, 5.41) is 10.8. The molecule has 0 saturated heterocycles. The number of methoxy groups -OCH3 is 2. The van der Waals surface area contributed by atoms with Crippen LogP contribution in [-0.2, 0) is 16.2 Å². The highest BCUT2D eigenvalue weighted by atomic mass is 32.2. The maximum atomic E-state index is 13.2. The Kier molecular flexibility index (Phi) is 7.68. The number of halogens is 1. The Morgan fingerprint density at radius 1 is 1.08 bits per heavy atom. The number of benzene rings is 1. The molecular weight excluding hydrogens is 517 g/mol. The predicted octanol–water partition coefficient (Wildman–Crippen LogP) is 5.10. The summed E-state index contributed by atoms with van der Waals surface area (Å²) in [5.74, 6) is 1.62. The van der Waals surface area contributed by atoms with Crippen molar-refractivity contribution >= 4 is 27.1 Å². The number of ether oxygens (including phenoxy) is 2. The summed E-state index contributed by atoms with van der Waals surface area (Å²) >= 11 is 1.43. The lowest BCUT2D eigenvalue weighted by Crippen LogP contribution is -2.27. The molecule has 3 aromatic heterocycles. The lowest BCUT2D eigenvalue weighted by Gasteiger charge is -2.22. The van der Waals surface area contributed by atoms with E-state index in [-0.39, 0.29) is 18.3 Å². The minimum Gasteiger partial charge on any atom is -0.494 e. The normalized spacial score (nSPS) is 12.5. The zero-order valence-electron chi connectivity index (χ0n) is 21.0. The summed E-state index contributed by atoms with van der Waals surface area (Å²) in [4.78, 5) is 12.7. The van der Waals surface area contributed by atoms with Crippen molar-refractivity contribution in [2.75, 3.05) is 18.9 Å². The summed E-state index contributed by atoms with van der Waals surface area (Å²) in [6.45, 7) is 5.87. The van der Waals surface area contributed by atoms with Crippen LogP contribution in [0.4, 0.5) is 10.3 Å². The zero-order valence-corrected chi connectivity index (χ0v) is 22.7. The second kappa shape index (κ2) is 10.8. The molecule has 0 fully saturated rings. The molecule has 37 heavy (non-hydrogen) atoms. The predicted molar refractivity (Wildman–Crippen MR) is 141 cm³/mol. The number of anilines is 1. The molecule has 0 aliphatic rings. The molecule has 0 aliphatic carbocycles. The van der Waals surface area contributed by atoms with E-state index in [1.807, 2.05) is 5.38 Å². The van der Waals surface area contributed by atoms with Gasteiger partial charge in [0.15, 0.2) is 16.6 Å². The number of nitrogens with zero attached hydrogens (tertiary/aromatic N) is 6. The summed E-state index contributed by atoms with van der Waals surface area (Å²) in [6, 6.07) is 5.36. The van der Waals surface area contributed by atoms with E-state index in [4.69, 9.17) is 24.0 Å². The third-order valence-corrected chi connectivity index (χ3v) is 8.33. The molecule has 3 N–H and O–H groups in total. The van der Waals surface area contributed by atoms with Crippen LogP contribution >= 0.6 is 11.3 Å². The first-order valence-corrected chi connectivity index (χ1v) is 13.9. The summed E-state index contributed by atoms with van der Waals surface area (Å²) in [5.41, 5.74) is 1.44. The Balaban J connectivity index is 1.80. The van der Waals surface area contributed by atoms with E-state index in [1.54, 1.807) is 43.9 Å². The van der Waals surface area contributed by atoms with Crippen molar-refractivity contribution in [1.29, 1.82) is 9.56 Å². The molecule has 0 saturated carbocycles. The maximum absolute atomic E-state index is 13.2. The fourth-order valence-corrected chi connectivity index (χ4v) is 5.45. The van der Waals surface area contributed by atoms with E-state index >= 15 is 0 Å². The minimum absolute atomic E-state index is 0.172. The van der Waals surface area contributed by atoms with Crippen LogP contribution in [-0.4, -0.2) is 49.2 Å². The minimum atomic E-state index is -3.01. The van der Waals surface area contributed by atoms with Crippen molar-refractivity contribution in [2.45, 2.75) is 38.4 Å². The van der Waals surface area contributed by atoms with E-state index in [0.717, 1.165) is 18.1 Å². The van der Waals surface area contributed by atoms with Gasteiger partial charge in [-0.1, -0.05) is 19.9 Å². The molecule has 196 valence electrons. The number of hydrogen-bond acceptors (Lipinski definition) is 10. The van der Waals surface area contributed by atoms with E-state index in [0.29, 0.717) is 33.8 Å². The Labute approximate surface area is 218 Å². The number of nitrogens with one attached hydrogen (secondary N) is 3. The number of rotatable bonds is 10. The highest BCUT2D eigenvalue weighted by Gasteiger charge is 2.26. The van der Waals surface area contributed by atoms with Gasteiger partial charge in [0.05, 0.1) is 32.3 Å². The van der Waals surface area contributed by atoms with Crippen molar-refractivity contribution in [3.8, 4) is 28.0 Å². The fourth-order valence-electron chi connectivity index (χ4n) is 3.48. The molecule has 11 nitrogen and oxygen atoms in total. The van der Waals surface area contributed by atoms with Gasteiger partial charge in [-0.3, -0.25) is 18.8 Å². The topological polar surface area (TPSA) is 148 Å². The summed E-state index contributed by atoms with van der Waals surface area (Å²) in [7, 11) is 0.0791. The van der Waals surface area contributed by atoms with E-state index in [2.05, 4.69) is 38.7 Å². The molecule has 0 radical (unpaired) electrons. The van der Waals surface area contributed by atoms with Gasteiger partial charge in [0.25, 0.3) is 0 Å². The van der Waals surface area contributed by atoms with Gasteiger partial charge in [0, 0.05) is 26.9 Å². The average Bonchev–Trinajstić information content (AvgIpc) is 3.52. The molecule has 3 heterocycles. The first-order valence-electron chi connectivity index (χ1n) is 11.3. The molecule has 0 amide bonds. The molecule has 0 bridgehead atoms. The third kappa shape index (κ3) is 5.54. The monoisotopic (exact) mass is 545 g/mol. The Bertz CT molecular complexity index is 1460. The van der Waals surface area contributed by atoms with Crippen LogP contribution in [0.5, 0.6) is 11.5 Å². The lowest BCUT2D eigenvalue weighted by atomic mass is 10.2. The summed E-state index contributed by atoms with van der Waals surface area (Å²) in [6.07, 6.45) is 2.35. The molecule has 14 heteroatoms. The van der Waals surface area contributed by atoms with Crippen LogP contribution in [0.3, 0.4) is 0 Å². The van der Waals surface area contributed by atoms with Crippen LogP contribution in [0.25, 0.3) is 16.5 Å². The maximum Gasteiger partial charge on any atom is 0.241 e. The van der Waals surface area contributed by atoms with Crippen LogP contribution in [0.2, 0.25) is 0 Å². The quantitative estimate of drug-likeness (QED) is 0.249. The van der Waals surface area contributed by atoms with Crippen LogP contribution in [0.1, 0.15) is 38.2 Å². The molecule has 0 spiro atoms. The third-order valence-electron chi connectivity index (χ3n) is 5.59. The van der Waals surface area contributed by atoms with Gasteiger partial charge in [0.1, 0.15) is 23.0 Å². The van der Waals surface area contributed by atoms with Gasteiger partial charge in [-0.05, 0) is 25.0 Å². The molecule has 0 unspecified atom stereocenters. The van der Waals surface area contributed by atoms with Gasteiger partial charge in [-0.25, -0.2) is 19.3 Å². The Morgan fingerprint density at radius 3 is 2.30 bits per heavy atom. The molecule has 0 aliphatic heterocycles. The standard InChI is InChI=1S/C23H28FN9O2S2/c1-13(2)16-12-36-22(29-16)21-30-31-23(33(21)20-17(34-4)7-6-8-18(20)35-5)32-37(25,26)14(3)9-19-27-10-15(24)11-28-19/h6-8,10-14H,9H2,1-5H3,(H3,25,26,31,32)/t14-/m0/s1. The van der Waals surface area contributed by atoms with Crippen LogP contribution < -0.4 is 14.2 Å². The molecule has 1 atom stereocenters. The molecule has 4 aromatic rings. The Hall–Kier alpha value is -3.65. The van der Waals surface area contributed by atoms with Crippen molar-refractivity contribution in [1.82, 2.24) is 29.7 Å². The van der Waals surface area contributed by atoms with E-state index in [9.17, 15) is 4.39 Å². The summed E-state index contributed by atoms with van der Waals surface area (Å²) < 4.78 is 46.8. The van der Waals surface area contributed by atoms with Crippen LogP contribution in [0.15, 0.2) is 36.0 Å². The lowest BCUT2D eigenvalue weighted by molar-refractivity contribution is 0.391. The number of thiazole rings is 1. The van der Waals surface area contributed by atoms with Crippen molar-refractivity contribution in [2.24, 2.45) is 0 Å². The highest BCUT2D eigenvalue weighted by Crippen LogP contribution is 2.38. The molecular formula is C23H28FN9O2S2. The van der Waals surface area contributed by atoms with Gasteiger partial charge >= 0.3 is 0 Å². The average molecular weight is 546 g/mol. The molecule has 1 aromatic carbocycles. The fraction of sp³-hybridized carbons (Fsp3) is 0.348. The van der Waals surface area contributed by atoms with Crippen LogP contribution in [0, 0.1) is 15.4 Å². The SMILES string of the molecule is COc1cccc(OC)c1-n1c(NS(=N)(=N)[C@@H](C)Cc2ncc(F)cn2)nnc1-c1nc(C(C)C)cs1. The van der Waals surface area contributed by atoms with Crippen molar-refractivity contribution < 1.29 is 13.9 Å². The smallest absolute Gasteiger partial charge is 0.241 e. The number of para-hydroxylation sites is 1. The van der Waals surface area contributed by atoms with Gasteiger partial charge in [-0.15, -0.1) is 21.5 Å².